The van der Waals surface area contributed by atoms with Crippen molar-refractivity contribution in [3.8, 4) is 0 Å². The van der Waals surface area contributed by atoms with Gasteiger partial charge in [0.15, 0.2) is 0 Å². The number of nitrogens with one attached hydrogen (secondary N) is 1. The fraction of sp³-hybridized carbons (Fsp3) is 0.667. The van der Waals surface area contributed by atoms with E-state index in [0.29, 0.717) is 6.04 Å². The van der Waals surface area contributed by atoms with Gasteiger partial charge < -0.3 is 5.32 Å². The molecule has 0 saturated heterocycles. The number of hydrogen-bond donors (Lipinski definition) is 1. The fourth-order valence-corrected chi connectivity index (χ4v) is 3.83. The summed E-state index contributed by atoms with van der Waals surface area (Å²) in [6.07, 6.45) is 9.59. The van der Waals surface area contributed by atoms with Crippen LogP contribution >= 0.6 is 0 Å². The Balaban J connectivity index is 1.72. The molecule has 2 aliphatic rings. The highest BCUT2D eigenvalue weighted by Crippen LogP contribution is 2.38. The molecule has 1 aliphatic heterocycles. The Hall–Kier alpha value is -0.980. The Morgan fingerprint density at radius 3 is 2.63 bits per heavy atom. The number of benzene rings is 1. The van der Waals surface area contributed by atoms with Crippen LogP contribution in [0.2, 0.25) is 0 Å². The lowest BCUT2D eigenvalue weighted by atomic mass is 9.77. The van der Waals surface area contributed by atoms with E-state index < -0.39 is 0 Å². The highest BCUT2D eigenvalue weighted by atomic mass is 14.9. The van der Waals surface area contributed by atoms with Crippen LogP contribution in [0.5, 0.6) is 0 Å². The second-order valence-corrected chi connectivity index (χ2v) is 6.63. The standard InChI is InChI=1S/C18H27N/c1-3-14-5-8-15(9-6-14)16-10-11-18-17(12-16)7-4-13(2)19-18/h10-15,19H,3-9H2,1-2H3. The Morgan fingerprint density at radius 2 is 1.89 bits per heavy atom. The average Bonchev–Trinajstić information content (AvgIpc) is 2.47. The smallest absolute Gasteiger partial charge is 0.0374 e. The van der Waals surface area contributed by atoms with E-state index in [1.165, 1.54) is 50.6 Å². The summed E-state index contributed by atoms with van der Waals surface area (Å²) >= 11 is 0. The highest BCUT2D eigenvalue weighted by molar-refractivity contribution is 5.55. The predicted octanol–water partition coefficient (Wildman–Crippen LogP) is 5.12. The van der Waals surface area contributed by atoms with Gasteiger partial charge >= 0.3 is 0 Å². The van der Waals surface area contributed by atoms with Crippen molar-refractivity contribution in [3.05, 3.63) is 29.3 Å². The van der Waals surface area contributed by atoms with Crippen molar-refractivity contribution in [1.29, 1.82) is 0 Å². The molecule has 104 valence electrons. The Bertz CT molecular complexity index is 429. The van der Waals surface area contributed by atoms with E-state index in [0.717, 1.165) is 11.8 Å². The highest BCUT2D eigenvalue weighted by Gasteiger charge is 2.22. The summed E-state index contributed by atoms with van der Waals surface area (Å²) in [6.45, 7) is 4.62. The zero-order valence-electron chi connectivity index (χ0n) is 12.4. The number of aryl methyl sites for hydroxylation is 1. The van der Waals surface area contributed by atoms with Crippen LogP contribution in [-0.2, 0) is 6.42 Å². The molecule has 1 saturated carbocycles. The second-order valence-electron chi connectivity index (χ2n) is 6.63. The first-order chi connectivity index (χ1) is 9.26. The average molecular weight is 257 g/mol. The molecule has 1 aromatic carbocycles. The third-order valence-electron chi connectivity index (χ3n) is 5.27. The minimum absolute atomic E-state index is 0.637. The third kappa shape index (κ3) is 2.80. The maximum absolute atomic E-state index is 3.61. The molecule has 1 aromatic rings. The maximum Gasteiger partial charge on any atom is 0.0374 e. The zero-order chi connectivity index (χ0) is 13.2. The van der Waals surface area contributed by atoms with Gasteiger partial charge in [0.25, 0.3) is 0 Å². The largest absolute Gasteiger partial charge is 0.382 e. The lowest BCUT2D eigenvalue weighted by Crippen LogP contribution is -2.22. The predicted molar refractivity (Wildman–Crippen MR) is 82.8 cm³/mol. The van der Waals surface area contributed by atoms with Gasteiger partial charge in [-0.15, -0.1) is 0 Å². The van der Waals surface area contributed by atoms with Gasteiger partial charge in [0.05, 0.1) is 0 Å². The van der Waals surface area contributed by atoms with Crippen LogP contribution in [0.4, 0.5) is 5.69 Å². The van der Waals surface area contributed by atoms with Gasteiger partial charge in [-0.05, 0) is 74.5 Å². The van der Waals surface area contributed by atoms with Gasteiger partial charge in [-0.3, -0.25) is 0 Å². The minimum atomic E-state index is 0.637. The first kappa shape index (κ1) is 13.0. The first-order valence-electron chi connectivity index (χ1n) is 8.15. The van der Waals surface area contributed by atoms with Gasteiger partial charge in [0.2, 0.25) is 0 Å². The van der Waals surface area contributed by atoms with Gasteiger partial charge in [-0.25, -0.2) is 0 Å². The van der Waals surface area contributed by atoms with Crippen LogP contribution in [0.1, 0.15) is 69.4 Å². The number of anilines is 1. The molecule has 0 aromatic heterocycles. The van der Waals surface area contributed by atoms with Crippen molar-refractivity contribution < 1.29 is 0 Å². The molecular weight excluding hydrogens is 230 g/mol. The quantitative estimate of drug-likeness (QED) is 0.775. The van der Waals surface area contributed by atoms with Crippen LogP contribution in [0.25, 0.3) is 0 Å². The summed E-state index contributed by atoms with van der Waals surface area (Å²) in [6, 6.07) is 7.83. The van der Waals surface area contributed by atoms with Crippen molar-refractivity contribution in [2.45, 2.75) is 70.8 Å². The van der Waals surface area contributed by atoms with Crippen molar-refractivity contribution in [2.24, 2.45) is 5.92 Å². The molecule has 1 fully saturated rings. The van der Waals surface area contributed by atoms with Crippen molar-refractivity contribution in [1.82, 2.24) is 0 Å². The molecule has 1 unspecified atom stereocenters. The molecule has 1 nitrogen and oxygen atoms in total. The molecular formula is C18H27N. The van der Waals surface area contributed by atoms with Crippen LogP contribution < -0.4 is 5.32 Å². The van der Waals surface area contributed by atoms with Gasteiger partial charge in [0.1, 0.15) is 0 Å². The molecule has 1 atom stereocenters. The van der Waals surface area contributed by atoms with Crippen LogP contribution in [-0.4, -0.2) is 6.04 Å². The molecule has 1 N–H and O–H groups in total. The van der Waals surface area contributed by atoms with Gasteiger partial charge in [-0.1, -0.05) is 25.5 Å². The monoisotopic (exact) mass is 257 g/mol. The number of hydrogen-bond acceptors (Lipinski definition) is 1. The molecule has 1 heteroatoms. The Labute approximate surface area is 117 Å². The fourth-order valence-electron chi connectivity index (χ4n) is 3.83. The molecule has 19 heavy (non-hydrogen) atoms. The van der Waals surface area contributed by atoms with E-state index in [1.54, 1.807) is 11.1 Å². The Kier molecular flexibility index (Phi) is 3.81. The SMILES string of the molecule is CCC1CCC(c2ccc3c(c2)CCC(C)N3)CC1. The lowest BCUT2D eigenvalue weighted by Gasteiger charge is -2.30. The van der Waals surface area contributed by atoms with Crippen LogP contribution in [0, 0.1) is 5.92 Å². The van der Waals surface area contributed by atoms with Crippen LogP contribution in [0.15, 0.2) is 18.2 Å². The van der Waals surface area contributed by atoms with Gasteiger partial charge in [-0.2, -0.15) is 0 Å². The van der Waals surface area contributed by atoms with E-state index in [-0.39, 0.29) is 0 Å². The van der Waals surface area contributed by atoms with Crippen LogP contribution in [0.3, 0.4) is 0 Å². The molecule has 1 heterocycles. The topological polar surface area (TPSA) is 12.0 Å². The molecule has 1 aliphatic carbocycles. The second kappa shape index (κ2) is 5.56. The van der Waals surface area contributed by atoms with Crippen molar-refractivity contribution >= 4 is 5.69 Å². The number of rotatable bonds is 2. The summed E-state index contributed by atoms with van der Waals surface area (Å²) < 4.78 is 0. The minimum Gasteiger partial charge on any atom is -0.382 e. The summed E-state index contributed by atoms with van der Waals surface area (Å²) in [5.74, 6) is 1.82. The summed E-state index contributed by atoms with van der Waals surface area (Å²) in [5, 5.41) is 3.61. The number of fused-ring (bicyclic) bond motifs is 1. The van der Waals surface area contributed by atoms with Crippen molar-refractivity contribution in [2.75, 3.05) is 5.32 Å². The third-order valence-corrected chi connectivity index (χ3v) is 5.27. The van der Waals surface area contributed by atoms with E-state index in [2.05, 4.69) is 37.4 Å². The first-order valence-corrected chi connectivity index (χ1v) is 8.15. The summed E-state index contributed by atoms with van der Waals surface area (Å²) in [5.41, 5.74) is 4.53. The molecule has 0 spiro atoms. The molecule has 0 amide bonds. The molecule has 0 radical (unpaired) electrons. The lowest BCUT2D eigenvalue weighted by molar-refractivity contribution is 0.318. The van der Waals surface area contributed by atoms with E-state index in [4.69, 9.17) is 0 Å². The summed E-state index contributed by atoms with van der Waals surface area (Å²) in [7, 11) is 0. The summed E-state index contributed by atoms with van der Waals surface area (Å²) in [4.78, 5) is 0. The Morgan fingerprint density at radius 1 is 1.11 bits per heavy atom. The zero-order valence-corrected chi connectivity index (χ0v) is 12.4. The van der Waals surface area contributed by atoms with E-state index in [1.807, 2.05) is 0 Å². The molecule has 3 rings (SSSR count). The van der Waals surface area contributed by atoms with Gasteiger partial charge in [0, 0.05) is 11.7 Å². The normalized spacial score (nSPS) is 30.5. The van der Waals surface area contributed by atoms with Crippen molar-refractivity contribution in [3.63, 3.8) is 0 Å². The van der Waals surface area contributed by atoms with E-state index in [9.17, 15) is 0 Å². The maximum atomic E-state index is 3.61. The van der Waals surface area contributed by atoms with E-state index >= 15 is 0 Å². The molecule has 0 bridgehead atoms.